The minimum absolute atomic E-state index is 0. The number of methoxy groups -OCH3 is 1. The van der Waals surface area contributed by atoms with Gasteiger partial charge < -0.3 is 20.3 Å². The molecular formula is C16H20ClN7O2. The van der Waals surface area contributed by atoms with Crippen LogP contribution in [0.2, 0.25) is 0 Å². The number of nitriles is 1. The Morgan fingerprint density at radius 3 is 2.81 bits per heavy atom. The van der Waals surface area contributed by atoms with Crippen LogP contribution in [0.5, 0.6) is 5.88 Å². The third-order valence-electron chi connectivity index (χ3n) is 3.94. The van der Waals surface area contributed by atoms with E-state index in [4.69, 9.17) is 10.00 Å². The quantitative estimate of drug-likeness (QED) is 0.810. The third kappa shape index (κ3) is 4.04. The molecule has 3 heterocycles. The number of ether oxygens (including phenoxy) is 1. The highest BCUT2D eigenvalue weighted by molar-refractivity contribution is 6.07. The molecule has 9 nitrogen and oxygen atoms in total. The second kappa shape index (κ2) is 8.51. The SMILES string of the molecule is COc1nn(C)cc1C(=O)Nc1cc(C#N)ncc1N1CCNCC1.Cl. The van der Waals surface area contributed by atoms with Crippen molar-refractivity contribution < 1.29 is 9.53 Å². The van der Waals surface area contributed by atoms with Gasteiger partial charge in [0.1, 0.15) is 17.3 Å². The highest BCUT2D eigenvalue weighted by atomic mass is 35.5. The van der Waals surface area contributed by atoms with Crippen molar-refractivity contribution in [1.29, 1.82) is 5.26 Å². The number of aromatic nitrogens is 3. The van der Waals surface area contributed by atoms with Crippen molar-refractivity contribution in [2.75, 3.05) is 43.5 Å². The van der Waals surface area contributed by atoms with Crippen LogP contribution >= 0.6 is 12.4 Å². The molecule has 3 rings (SSSR count). The van der Waals surface area contributed by atoms with Gasteiger partial charge in [-0.15, -0.1) is 17.5 Å². The number of pyridine rings is 1. The summed E-state index contributed by atoms with van der Waals surface area (Å²) in [5, 5.41) is 19.3. The predicted molar refractivity (Wildman–Crippen MR) is 99.0 cm³/mol. The first-order valence-electron chi connectivity index (χ1n) is 7.87. The van der Waals surface area contributed by atoms with Gasteiger partial charge in [-0.05, 0) is 0 Å². The Morgan fingerprint density at radius 2 is 2.15 bits per heavy atom. The molecule has 2 aromatic heterocycles. The molecule has 0 saturated carbocycles. The molecule has 1 saturated heterocycles. The first-order valence-corrected chi connectivity index (χ1v) is 7.87. The monoisotopic (exact) mass is 377 g/mol. The predicted octanol–water partition coefficient (Wildman–Crippen LogP) is 0.779. The second-order valence-electron chi connectivity index (χ2n) is 5.62. The topological polar surface area (TPSA) is 108 Å². The summed E-state index contributed by atoms with van der Waals surface area (Å²) >= 11 is 0. The van der Waals surface area contributed by atoms with Crippen molar-refractivity contribution in [1.82, 2.24) is 20.1 Å². The molecule has 26 heavy (non-hydrogen) atoms. The molecule has 0 atom stereocenters. The van der Waals surface area contributed by atoms with Crippen LogP contribution in [-0.4, -0.2) is 54.0 Å². The van der Waals surface area contributed by atoms with Gasteiger partial charge in [-0.3, -0.25) is 9.48 Å². The molecule has 0 aliphatic carbocycles. The molecule has 1 amide bonds. The number of nitrogens with one attached hydrogen (secondary N) is 2. The molecule has 0 aromatic carbocycles. The fraction of sp³-hybridized carbons (Fsp3) is 0.375. The van der Waals surface area contributed by atoms with Gasteiger partial charge in [0.15, 0.2) is 0 Å². The van der Waals surface area contributed by atoms with Crippen molar-refractivity contribution in [3.05, 3.63) is 29.7 Å². The summed E-state index contributed by atoms with van der Waals surface area (Å²) in [5.41, 5.74) is 1.90. The smallest absolute Gasteiger partial charge is 0.262 e. The van der Waals surface area contributed by atoms with Crippen molar-refractivity contribution in [3.63, 3.8) is 0 Å². The molecule has 138 valence electrons. The van der Waals surface area contributed by atoms with Crippen LogP contribution < -0.4 is 20.3 Å². The Labute approximate surface area is 157 Å². The number of hydrogen-bond donors (Lipinski definition) is 2. The van der Waals surface area contributed by atoms with Crippen molar-refractivity contribution in [3.8, 4) is 11.9 Å². The molecule has 2 aromatic rings. The van der Waals surface area contributed by atoms with E-state index in [0.717, 1.165) is 31.9 Å². The van der Waals surface area contributed by atoms with Gasteiger partial charge in [-0.2, -0.15) is 5.26 Å². The van der Waals surface area contributed by atoms with Crippen LogP contribution in [0.15, 0.2) is 18.5 Å². The van der Waals surface area contributed by atoms with E-state index in [1.54, 1.807) is 25.5 Å². The Balaban J connectivity index is 0.00000243. The number of rotatable bonds is 4. The number of halogens is 1. The summed E-state index contributed by atoms with van der Waals surface area (Å²) in [5.74, 6) is -0.102. The van der Waals surface area contributed by atoms with E-state index in [1.807, 2.05) is 6.07 Å². The van der Waals surface area contributed by atoms with E-state index in [-0.39, 0.29) is 29.9 Å². The van der Waals surface area contributed by atoms with Crippen LogP contribution in [0.25, 0.3) is 0 Å². The Kier molecular flexibility index (Phi) is 6.38. The molecule has 0 unspecified atom stereocenters. The zero-order chi connectivity index (χ0) is 17.8. The number of carbonyl (C=O) groups excluding carboxylic acids is 1. The van der Waals surface area contributed by atoms with Crippen LogP contribution in [-0.2, 0) is 7.05 Å². The lowest BCUT2D eigenvalue weighted by atomic mass is 10.2. The van der Waals surface area contributed by atoms with Crippen molar-refractivity contribution in [2.24, 2.45) is 7.05 Å². The third-order valence-corrected chi connectivity index (χ3v) is 3.94. The number of amides is 1. The molecule has 1 fully saturated rings. The van der Waals surface area contributed by atoms with Gasteiger partial charge in [0.2, 0.25) is 5.88 Å². The normalized spacial score (nSPS) is 13.5. The van der Waals surface area contributed by atoms with Crippen LogP contribution in [0.4, 0.5) is 11.4 Å². The molecule has 2 N–H and O–H groups in total. The Morgan fingerprint density at radius 1 is 1.42 bits per heavy atom. The first-order chi connectivity index (χ1) is 12.1. The van der Waals surface area contributed by atoms with E-state index in [9.17, 15) is 4.79 Å². The highest BCUT2D eigenvalue weighted by Crippen LogP contribution is 2.27. The Bertz CT molecular complexity index is 824. The fourth-order valence-electron chi connectivity index (χ4n) is 2.73. The van der Waals surface area contributed by atoms with Crippen LogP contribution in [0, 0.1) is 11.3 Å². The van der Waals surface area contributed by atoms with Gasteiger partial charge in [0.05, 0.1) is 24.7 Å². The second-order valence-corrected chi connectivity index (χ2v) is 5.62. The minimum Gasteiger partial charge on any atom is -0.479 e. The number of hydrogen-bond acceptors (Lipinski definition) is 7. The van der Waals surface area contributed by atoms with Crippen molar-refractivity contribution in [2.45, 2.75) is 0 Å². The van der Waals surface area contributed by atoms with E-state index in [1.165, 1.54) is 11.8 Å². The lowest BCUT2D eigenvalue weighted by Crippen LogP contribution is -2.43. The van der Waals surface area contributed by atoms with Crippen LogP contribution in [0.1, 0.15) is 16.1 Å². The molecule has 1 aliphatic heterocycles. The lowest BCUT2D eigenvalue weighted by Gasteiger charge is -2.30. The zero-order valence-corrected chi connectivity index (χ0v) is 15.3. The van der Waals surface area contributed by atoms with Crippen molar-refractivity contribution >= 4 is 29.7 Å². The van der Waals surface area contributed by atoms with E-state index in [2.05, 4.69) is 25.6 Å². The average molecular weight is 378 g/mol. The summed E-state index contributed by atoms with van der Waals surface area (Å²) < 4.78 is 6.65. The zero-order valence-electron chi connectivity index (χ0n) is 14.5. The maximum atomic E-state index is 12.7. The summed E-state index contributed by atoms with van der Waals surface area (Å²) in [4.78, 5) is 18.9. The standard InChI is InChI=1S/C16H19N7O2.ClH/c1-22-10-12(16(21-22)25-2)15(24)20-13-7-11(8-17)19-9-14(13)23-5-3-18-4-6-23;/h7,9-10,18H,3-6H2,1-2H3,(H,19,20,24);1H. The summed E-state index contributed by atoms with van der Waals surface area (Å²) in [6.07, 6.45) is 3.21. The molecule has 0 bridgehead atoms. The van der Waals surface area contributed by atoms with Gasteiger partial charge in [0.25, 0.3) is 5.91 Å². The van der Waals surface area contributed by atoms with E-state index in [0.29, 0.717) is 11.3 Å². The van der Waals surface area contributed by atoms with E-state index < -0.39 is 0 Å². The lowest BCUT2D eigenvalue weighted by molar-refractivity contribution is 0.102. The number of aryl methyl sites for hydroxylation is 1. The molecular weight excluding hydrogens is 358 g/mol. The summed E-state index contributed by atoms with van der Waals surface area (Å²) in [6.45, 7) is 3.30. The maximum absolute atomic E-state index is 12.7. The molecule has 0 radical (unpaired) electrons. The van der Waals surface area contributed by atoms with Gasteiger partial charge >= 0.3 is 0 Å². The molecule has 0 spiro atoms. The van der Waals surface area contributed by atoms with Gasteiger partial charge in [-0.1, -0.05) is 0 Å². The summed E-state index contributed by atoms with van der Waals surface area (Å²) in [6, 6.07) is 3.58. The Hall–Kier alpha value is -2.83. The first kappa shape index (κ1) is 19.5. The number of carbonyl (C=O) groups is 1. The van der Waals surface area contributed by atoms with Gasteiger partial charge in [-0.25, -0.2) is 4.98 Å². The average Bonchev–Trinajstić information content (AvgIpc) is 3.03. The van der Waals surface area contributed by atoms with E-state index >= 15 is 0 Å². The fourth-order valence-corrected chi connectivity index (χ4v) is 2.73. The molecule has 1 aliphatic rings. The largest absolute Gasteiger partial charge is 0.479 e. The van der Waals surface area contributed by atoms with Crippen LogP contribution in [0.3, 0.4) is 0 Å². The van der Waals surface area contributed by atoms with Gasteiger partial charge in [0, 0.05) is 45.5 Å². The number of anilines is 2. The maximum Gasteiger partial charge on any atom is 0.262 e. The summed E-state index contributed by atoms with van der Waals surface area (Å²) in [7, 11) is 3.18. The highest BCUT2D eigenvalue weighted by Gasteiger charge is 2.21. The minimum atomic E-state index is -0.351. The molecule has 10 heteroatoms. The number of nitrogens with zero attached hydrogens (tertiary/aromatic N) is 5. The number of piperazine rings is 1.